The van der Waals surface area contributed by atoms with E-state index in [0.717, 1.165) is 0 Å². The predicted octanol–water partition coefficient (Wildman–Crippen LogP) is 3.47. The summed E-state index contributed by atoms with van der Waals surface area (Å²) in [4.78, 5) is 24.6. The maximum absolute atomic E-state index is 13.3. The van der Waals surface area contributed by atoms with Crippen molar-refractivity contribution in [3.8, 4) is 0 Å². The Morgan fingerprint density at radius 1 is 1.07 bits per heavy atom. The van der Waals surface area contributed by atoms with Gasteiger partial charge in [0, 0.05) is 16.3 Å². The molecule has 1 fully saturated rings. The number of nitrogens with two attached hydrogens (primary N) is 1. The Morgan fingerprint density at radius 3 is 2.21 bits per heavy atom. The molecule has 0 aliphatic heterocycles. The second-order valence-corrected chi connectivity index (χ2v) is 9.70. The van der Waals surface area contributed by atoms with Crippen LogP contribution in [0.5, 0.6) is 0 Å². The van der Waals surface area contributed by atoms with Crippen molar-refractivity contribution >= 4 is 38.9 Å². The van der Waals surface area contributed by atoms with Crippen LogP contribution in [0.3, 0.4) is 0 Å². The molecular formula is C20H21ClN2O4S. The van der Waals surface area contributed by atoms with Crippen LogP contribution < -0.4 is 11.1 Å². The monoisotopic (exact) mass is 420 g/mol. The average molecular weight is 421 g/mol. The van der Waals surface area contributed by atoms with E-state index in [1.54, 1.807) is 19.1 Å². The van der Waals surface area contributed by atoms with Crippen molar-refractivity contribution < 1.29 is 18.0 Å². The molecular weight excluding hydrogens is 400 g/mol. The van der Waals surface area contributed by atoms with Gasteiger partial charge >= 0.3 is 0 Å². The Balaban J connectivity index is 1.95. The van der Waals surface area contributed by atoms with Gasteiger partial charge in [-0.2, -0.15) is 0 Å². The van der Waals surface area contributed by atoms with Gasteiger partial charge in [0.15, 0.2) is 14.6 Å². The lowest BCUT2D eigenvalue weighted by Gasteiger charge is -2.27. The molecule has 2 aromatic carbocycles. The zero-order valence-electron chi connectivity index (χ0n) is 15.4. The van der Waals surface area contributed by atoms with Crippen LogP contribution in [0.15, 0.2) is 47.4 Å². The lowest BCUT2D eigenvalue weighted by atomic mass is 10.0. The minimum Gasteiger partial charge on any atom is -0.366 e. The van der Waals surface area contributed by atoms with Crippen molar-refractivity contribution in [1.29, 1.82) is 0 Å². The van der Waals surface area contributed by atoms with Gasteiger partial charge in [-0.1, -0.05) is 24.4 Å². The van der Waals surface area contributed by atoms with Crippen LogP contribution in [0.4, 0.5) is 5.69 Å². The van der Waals surface area contributed by atoms with Crippen molar-refractivity contribution in [2.45, 2.75) is 42.2 Å². The van der Waals surface area contributed by atoms with E-state index in [1.807, 2.05) is 0 Å². The lowest BCUT2D eigenvalue weighted by molar-refractivity contribution is -0.118. The molecule has 3 rings (SSSR count). The van der Waals surface area contributed by atoms with Gasteiger partial charge in [-0.25, -0.2) is 8.42 Å². The van der Waals surface area contributed by atoms with Crippen molar-refractivity contribution in [3.63, 3.8) is 0 Å². The second-order valence-electron chi connectivity index (χ2n) is 7.01. The summed E-state index contributed by atoms with van der Waals surface area (Å²) in [7, 11) is -3.91. The molecule has 8 heteroatoms. The fourth-order valence-electron chi connectivity index (χ4n) is 3.67. The first-order chi connectivity index (χ1) is 13.2. The number of amides is 2. The van der Waals surface area contributed by atoms with Crippen LogP contribution in [-0.4, -0.2) is 25.0 Å². The summed E-state index contributed by atoms with van der Waals surface area (Å²) < 4.78 is 25.2. The first-order valence-corrected chi connectivity index (χ1v) is 10.8. The molecule has 0 spiro atoms. The van der Waals surface area contributed by atoms with E-state index < -0.39 is 26.4 Å². The van der Waals surface area contributed by atoms with E-state index in [0.29, 0.717) is 34.7 Å². The molecule has 0 heterocycles. The number of aryl methyl sites for hydroxylation is 1. The summed E-state index contributed by atoms with van der Waals surface area (Å²) >= 11 is 5.87. The molecule has 0 aromatic heterocycles. The fraction of sp³-hybridized carbons (Fsp3) is 0.300. The molecule has 148 valence electrons. The molecule has 0 radical (unpaired) electrons. The topological polar surface area (TPSA) is 106 Å². The molecule has 0 bridgehead atoms. The van der Waals surface area contributed by atoms with Gasteiger partial charge in [0.2, 0.25) is 11.8 Å². The smallest absolute Gasteiger partial charge is 0.248 e. The van der Waals surface area contributed by atoms with Crippen LogP contribution in [0.1, 0.15) is 41.6 Å². The van der Waals surface area contributed by atoms with Crippen molar-refractivity contribution in [2.75, 3.05) is 5.32 Å². The van der Waals surface area contributed by atoms with Crippen LogP contribution >= 0.6 is 11.6 Å². The number of hydrogen-bond donors (Lipinski definition) is 2. The van der Waals surface area contributed by atoms with Crippen molar-refractivity contribution in [3.05, 3.63) is 58.6 Å². The average Bonchev–Trinajstić information content (AvgIpc) is 3.13. The van der Waals surface area contributed by atoms with Crippen molar-refractivity contribution in [1.82, 2.24) is 0 Å². The van der Waals surface area contributed by atoms with Crippen LogP contribution in [0.25, 0.3) is 0 Å². The number of halogens is 1. The molecule has 0 atom stereocenters. The van der Waals surface area contributed by atoms with Gasteiger partial charge in [0.1, 0.15) is 0 Å². The van der Waals surface area contributed by atoms with E-state index in [4.69, 9.17) is 17.3 Å². The molecule has 28 heavy (non-hydrogen) atoms. The standard InChI is InChI=1S/C20H21ClN2O4S/c1-13-12-15(6-9-17(13)18(22)24)23-19(25)20(10-2-3-11-20)28(26,27)16-7-4-14(21)5-8-16/h4-9,12H,2-3,10-11H2,1H3,(H2,22,24)(H,23,25). The molecule has 6 nitrogen and oxygen atoms in total. The minimum atomic E-state index is -3.91. The van der Waals surface area contributed by atoms with Gasteiger partial charge < -0.3 is 11.1 Å². The molecule has 3 N–H and O–H groups in total. The van der Waals surface area contributed by atoms with E-state index in [1.165, 1.54) is 30.3 Å². The first kappa shape index (κ1) is 20.4. The summed E-state index contributed by atoms with van der Waals surface area (Å²) in [5.41, 5.74) is 6.68. The number of anilines is 1. The third-order valence-electron chi connectivity index (χ3n) is 5.21. The second kappa shape index (κ2) is 7.56. The normalized spacial score (nSPS) is 15.9. The summed E-state index contributed by atoms with van der Waals surface area (Å²) in [5.74, 6) is -1.13. The number of primary amides is 1. The first-order valence-electron chi connectivity index (χ1n) is 8.89. The van der Waals surface area contributed by atoms with Crippen LogP contribution in [0.2, 0.25) is 5.02 Å². The summed E-state index contributed by atoms with van der Waals surface area (Å²) in [6.45, 7) is 1.70. The van der Waals surface area contributed by atoms with Gasteiger partial charge in [0.25, 0.3) is 0 Å². The van der Waals surface area contributed by atoms with Gasteiger partial charge in [0.05, 0.1) is 4.90 Å². The number of hydrogen-bond acceptors (Lipinski definition) is 4. The van der Waals surface area contributed by atoms with Crippen molar-refractivity contribution in [2.24, 2.45) is 5.73 Å². The van der Waals surface area contributed by atoms with Gasteiger partial charge in [-0.05, 0) is 67.8 Å². The highest BCUT2D eigenvalue weighted by atomic mass is 35.5. The minimum absolute atomic E-state index is 0.0780. The predicted molar refractivity (Wildman–Crippen MR) is 108 cm³/mol. The Hall–Kier alpha value is -2.38. The Morgan fingerprint density at radius 2 is 1.68 bits per heavy atom. The summed E-state index contributed by atoms with van der Waals surface area (Å²) in [6, 6.07) is 10.5. The molecule has 1 aliphatic carbocycles. The highest BCUT2D eigenvalue weighted by Crippen LogP contribution is 2.41. The van der Waals surface area contributed by atoms with E-state index in [9.17, 15) is 18.0 Å². The maximum atomic E-state index is 13.3. The molecule has 1 aliphatic rings. The largest absolute Gasteiger partial charge is 0.366 e. The lowest BCUT2D eigenvalue weighted by Crippen LogP contribution is -2.47. The summed E-state index contributed by atoms with van der Waals surface area (Å²) in [6.07, 6.45) is 1.81. The van der Waals surface area contributed by atoms with E-state index in [-0.39, 0.29) is 17.7 Å². The summed E-state index contributed by atoms with van der Waals surface area (Å²) in [5, 5.41) is 3.15. The number of carbonyl (C=O) groups excluding carboxylic acids is 2. The van der Waals surface area contributed by atoms with Crippen LogP contribution in [0, 0.1) is 6.92 Å². The highest BCUT2D eigenvalue weighted by Gasteiger charge is 2.52. The zero-order valence-corrected chi connectivity index (χ0v) is 16.9. The maximum Gasteiger partial charge on any atom is 0.248 e. The molecule has 0 saturated heterocycles. The van der Waals surface area contributed by atoms with E-state index in [2.05, 4.69) is 5.32 Å². The number of carbonyl (C=O) groups is 2. The SMILES string of the molecule is Cc1cc(NC(=O)C2(S(=O)(=O)c3ccc(Cl)cc3)CCCC2)ccc1C(N)=O. The Labute approximate surface area is 169 Å². The quantitative estimate of drug-likeness (QED) is 0.772. The highest BCUT2D eigenvalue weighted by molar-refractivity contribution is 7.93. The number of rotatable bonds is 5. The molecule has 2 amide bonds. The van der Waals surface area contributed by atoms with E-state index >= 15 is 0 Å². The Bertz CT molecular complexity index is 1030. The van der Waals surface area contributed by atoms with Gasteiger partial charge in [-0.15, -0.1) is 0 Å². The third-order valence-corrected chi connectivity index (χ3v) is 7.98. The molecule has 2 aromatic rings. The zero-order chi connectivity index (χ0) is 20.5. The molecule has 0 unspecified atom stereocenters. The van der Waals surface area contributed by atoms with Gasteiger partial charge in [-0.3, -0.25) is 9.59 Å². The number of benzene rings is 2. The third kappa shape index (κ3) is 3.52. The Kier molecular flexibility index (Phi) is 5.50. The fourth-order valence-corrected chi connectivity index (χ4v) is 5.86. The molecule has 1 saturated carbocycles. The number of nitrogens with one attached hydrogen (secondary N) is 1. The van der Waals surface area contributed by atoms with Crippen LogP contribution in [-0.2, 0) is 14.6 Å². The number of sulfone groups is 1.